The number of hydrazine groups is 1. The summed E-state index contributed by atoms with van der Waals surface area (Å²) in [6.45, 7) is 0.282. The van der Waals surface area contributed by atoms with E-state index in [1.54, 1.807) is 41.1 Å². The zero-order chi connectivity index (χ0) is 18.0. The van der Waals surface area contributed by atoms with Gasteiger partial charge in [-0.3, -0.25) is 14.9 Å². The molecular weight excluding hydrogens is 366 g/mol. The Morgan fingerprint density at radius 2 is 1.88 bits per heavy atom. The zero-order valence-corrected chi connectivity index (χ0v) is 14.4. The van der Waals surface area contributed by atoms with E-state index in [9.17, 15) is 9.18 Å². The van der Waals surface area contributed by atoms with Crippen molar-refractivity contribution >= 4 is 29.1 Å². The number of rotatable bonds is 4. The Kier molecular flexibility index (Phi) is 5.03. The van der Waals surface area contributed by atoms with Crippen molar-refractivity contribution < 1.29 is 9.18 Å². The first-order valence-corrected chi connectivity index (χ1v) is 8.02. The summed E-state index contributed by atoms with van der Waals surface area (Å²) in [5, 5.41) is 5.33. The van der Waals surface area contributed by atoms with E-state index in [-0.39, 0.29) is 18.1 Å². The van der Waals surface area contributed by atoms with Gasteiger partial charge < -0.3 is 0 Å². The fraction of sp³-hybridized carbons (Fsp3) is 0.0588. The number of nitrogens with zero attached hydrogens (tertiary/aromatic N) is 2. The lowest BCUT2D eigenvalue weighted by Gasteiger charge is -2.09. The quantitative estimate of drug-likeness (QED) is 0.413. The van der Waals surface area contributed by atoms with Crippen LogP contribution in [0.2, 0.25) is 10.0 Å². The van der Waals surface area contributed by atoms with Crippen molar-refractivity contribution in [3.63, 3.8) is 0 Å². The fourth-order valence-electron chi connectivity index (χ4n) is 2.40. The maximum Gasteiger partial charge on any atom is 0.285 e. The highest BCUT2D eigenvalue weighted by Crippen LogP contribution is 2.26. The monoisotopic (exact) mass is 378 g/mol. The molecule has 1 aromatic heterocycles. The van der Waals surface area contributed by atoms with Gasteiger partial charge in [-0.05, 0) is 54.1 Å². The highest BCUT2D eigenvalue weighted by atomic mass is 35.5. The molecule has 3 rings (SSSR count). The average Bonchev–Trinajstić information content (AvgIpc) is 3.02. The minimum absolute atomic E-state index is 0.139. The molecule has 3 aromatic rings. The molecule has 5 nitrogen and oxygen atoms in total. The second-order valence-corrected chi connectivity index (χ2v) is 6.13. The molecule has 0 bridgehead atoms. The lowest BCUT2D eigenvalue weighted by Crippen LogP contribution is -2.30. The summed E-state index contributed by atoms with van der Waals surface area (Å²) < 4.78 is 14.8. The smallest absolute Gasteiger partial charge is 0.285 e. The van der Waals surface area contributed by atoms with Crippen molar-refractivity contribution in [2.75, 3.05) is 0 Å². The van der Waals surface area contributed by atoms with Crippen LogP contribution in [0.1, 0.15) is 16.1 Å². The van der Waals surface area contributed by atoms with Crippen LogP contribution in [0, 0.1) is 5.82 Å². The molecule has 0 spiro atoms. The van der Waals surface area contributed by atoms with Crippen LogP contribution in [0.3, 0.4) is 0 Å². The molecule has 0 radical (unpaired) electrons. The number of hydrogen-bond acceptors (Lipinski definition) is 3. The van der Waals surface area contributed by atoms with Gasteiger partial charge in [-0.25, -0.2) is 10.2 Å². The number of carbonyl (C=O) groups is 1. The average molecular weight is 379 g/mol. The summed E-state index contributed by atoms with van der Waals surface area (Å²) in [6, 6.07) is 12.6. The largest absolute Gasteiger partial charge is 0.289 e. The van der Waals surface area contributed by atoms with Crippen LogP contribution in [0.5, 0.6) is 0 Å². The Hall–Kier alpha value is -2.41. The first-order chi connectivity index (χ1) is 12.0. The summed E-state index contributed by atoms with van der Waals surface area (Å²) in [6.07, 6.45) is 0. The number of aromatic nitrogens is 2. The third-order valence-electron chi connectivity index (χ3n) is 3.61. The molecule has 1 heterocycles. The van der Waals surface area contributed by atoms with Crippen LogP contribution in [0.4, 0.5) is 4.39 Å². The van der Waals surface area contributed by atoms with Crippen LogP contribution in [-0.4, -0.2) is 15.7 Å². The minimum atomic E-state index is -0.528. The van der Waals surface area contributed by atoms with E-state index in [0.29, 0.717) is 21.3 Å². The van der Waals surface area contributed by atoms with Crippen LogP contribution < -0.4 is 11.3 Å². The van der Waals surface area contributed by atoms with Crippen molar-refractivity contribution in [3.8, 4) is 11.3 Å². The van der Waals surface area contributed by atoms with Gasteiger partial charge in [0.2, 0.25) is 0 Å². The maximum atomic E-state index is 13.2. The zero-order valence-electron chi connectivity index (χ0n) is 12.8. The summed E-state index contributed by atoms with van der Waals surface area (Å²) in [5.41, 5.74) is 4.24. The fourth-order valence-corrected chi connectivity index (χ4v) is 2.77. The van der Waals surface area contributed by atoms with E-state index in [2.05, 4.69) is 5.10 Å². The van der Waals surface area contributed by atoms with Crippen molar-refractivity contribution in [1.29, 1.82) is 0 Å². The van der Waals surface area contributed by atoms with Gasteiger partial charge in [0.1, 0.15) is 5.82 Å². The Morgan fingerprint density at radius 3 is 2.56 bits per heavy atom. The molecule has 2 aromatic carbocycles. The van der Waals surface area contributed by atoms with Crippen molar-refractivity contribution in [2.24, 2.45) is 5.84 Å². The van der Waals surface area contributed by atoms with E-state index >= 15 is 0 Å². The summed E-state index contributed by atoms with van der Waals surface area (Å²) in [5.74, 6) is 4.30. The minimum Gasteiger partial charge on any atom is -0.289 e. The number of nitrogens with two attached hydrogens (primary N) is 1. The van der Waals surface area contributed by atoms with Crippen LogP contribution in [0.25, 0.3) is 11.3 Å². The van der Waals surface area contributed by atoms with Gasteiger partial charge in [-0.15, -0.1) is 0 Å². The van der Waals surface area contributed by atoms with Gasteiger partial charge in [0.15, 0.2) is 5.69 Å². The van der Waals surface area contributed by atoms with Crippen molar-refractivity contribution in [1.82, 2.24) is 15.2 Å². The number of carbonyl (C=O) groups excluding carboxylic acids is 1. The van der Waals surface area contributed by atoms with Crippen LogP contribution in [0.15, 0.2) is 48.5 Å². The van der Waals surface area contributed by atoms with Crippen LogP contribution >= 0.6 is 23.2 Å². The van der Waals surface area contributed by atoms with Gasteiger partial charge in [0.25, 0.3) is 5.91 Å². The summed E-state index contributed by atoms with van der Waals surface area (Å²) in [4.78, 5) is 11.8. The summed E-state index contributed by atoms with van der Waals surface area (Å²) >= 11 is 12.2. The normalized spacial score (nSPS) is 10.7. The van der Waals surface area contributed by atoms with Crippen molar-refractivity contribution in [3.05, 3.63) is 75.7 Å². The van der Waals surface area contributed by atoms with E-state index in [0.717, 1.165) is 5.56 Å². The van der Waals surface area contributed by atoms with Gasteiger partial charge in [-0.2, -0.15) is 5.10 Å². The predicted octanol–water partition coefficient (Wildman–Crippen LogP) is 3.65. The molecular formula is C17H13Cl2FN4O. The Balaban J connectivity index is 2.07. The topological polar surface area (TPSA) is 72.9 Å². The third-order valence-corrected chi connectivity index (χ3v) is 4.22. The lowest BCUT2D eigenvalue weighted by atomic mass is 10.1. The number of nitrogens with one attached hydrogen (secondary N) is 1. The number of halogens is 3. The molecule has 8 heteroatoms. The first kappa shape index (κ1) is 17.4. The van der Waals surface area contributed by atoms with Gasteiger partial charge in [-0.1, -0.05) is 23.2 Å². The molecule has 0 aliphatic rings. The molecule has 0 aliphatic carbocycles. The van der Waals surface area contributed by atoms with Gasteiger partial charge in [0, 0.05) is 15.6 Å². The standard InChI is InChI=1S/C17H13Cl2FN4O/c18-12-3-6-14(19)11(7-12)9-24-16(8-15(23-24)17(25)22-21)10-1-4-13(20)5-2-10/h1-8H,9,21H2,(H,22,25). The molecule has 0 fully saturated rings. The molecule has 25 heavy (non-hydrogen) atoms. The van der Waals surface area contributed by atoms with E-state index < -0.39 is 5.91 Å². The molecule has 0 atom stereocenters. The van der Waals surface area contributed by atoms with E-state index in [4.69, 9.17) is 29.0 Å². The highest BCUT2D eigenvalue weighted by Gasteiger charge is 2.16. The Labute approximate surface area is 153 Å². The molecule has 0 unspecified atom stereocenters. The van der Waals surface area contributed by atoms with Gasteiger partial charge >= 0.3 is 0 Å². The second-order valence-electron chi connectivity index (χ2n) is 5.29. The van der Waals surface area contributed by atoms with E-state index in [1.807, 2.05) is 5.43 Å². The molecule has 0 saturated carbocycles. The third kappa shape index (κ3) is 3.82. The first-order valence-electron chi connectivity index (χ1n) is 7.26. The SMILES string of the molecule is NNC(=O)c1cc(-c2ccc(F)cc2)n(Cc2cc(Cl)ccc2Cl)n1. The van der Waals surface area contributed by atoms with Crippen LogP contribution in [-0.2, 0) is 6.54 Å². The van der Waals surface area contributed by atoms with E-state index in [1.165, 1.54) is 12.1 Å². The molecule has 128 valence electrons. The highest BCUT2D eigenvalue weighted by molar-refractivity contribution is 6.33. The number of amides is 1. The maximum absolute atomic E-state index is 13.2. The molecule has 1 amide bonds. The molecule has 3 N–H and O–H groups in total. The summed E-state index contributed by atoms with van der Waals surface area (Å²) in [7, 11) is 0. The number of hydrogen-bond donors (Lipinski definition) is 2. The number of nitrogen functional groups attached to an aromatic ring is 1. The Bertz CT molecular complexity index is 925. The molecule has 0 saturated heterocycles. The Morgan fingerprint density at radius 1 is 1.16 bits per heavy atom. The molecule has 0 aliphatic heterocycles. The lowest BCUT2D eigenvalue weighted by molar-refractivity contribution is 0.0948. The van der Waals surface area contributed by atoms with Crippen molar-refractivity contribution in [2.45, 2.75) is 6.54 Å². The second kappa shape index (κ2) is 7.23. The number of benzene rings is 2. The van der Waals surface area contributed by atoms with Gasteiger partial charge in [0.05, 0.1) is 12.2 Å². The predicted molar refractivity (Wildman–Crippen MR) is 94.8 cm³/mol.